The summed E-state index contributed by atoms with van der Waals surface area (Å²) in [5.74, 6) is 0.660. The van der Waals surface area contributed by atoms with Crippen LogP contribution in [0.2, 0.25) is 0 Å². The maximum Gasteiger partial charge on any atom is 0.307 e. The third kappa shape index (κ3) is 5.16. The molecule has 1 aromatic carbocycles. The number of hydrogen-bond donors (Lipinski definition) is 0. The molecular weight excluding hydrogens is 238 g/mol. The maximum absolute atomic E-state index is 11.0. The van der Waals surface area contributed by atoms with Crippen LogP contribution in [0.15, 0.2) is 36.5 Å². The summed E-state index contributed by atoms with van der Waals surface area (Å²) in [5, 5.41) is 1.20. The average molecular weight is 261 g/mol. The standard InChI is InChI=1S/C12H13NO2.C4H10/c1-15-12(14)7-9-13-8-6-10-4-2-3-5-11(10)13;1-4(2)3/h2-6,8H,7,9H2,1H3;4H,1-3H3. The number of rotatable bonds is 3. The van der Waals surface area contributed by atoms with Crippen LogP contribution in [0.25, 0.3) is 10.9 Å². The highest BCUT2D eigenvalue weighted by Crippen LogP contribution is 2.15. The minimum Gasteiger partial charge on any atom is -0.469 e. The second-order valence-corrected chi connectivity index (χ2v) is 5.13. The Hall–Kier alpha value is -1.77. The zero-order valence-electron chi connectivity index (χ0n) is 12.2. The zero-order valence-corrected chi connectivity index (χ0v) is 12.2. The quantitative estimate of drug-likeness (QED) is 0.785. The summed E-state index contributed by atoms with van der Waals surface area (Å²) >= 11 is 0. The van der Waals surface area contributed by atoms with Crippen molar-refractivity contribution in [1.29, 1.82) is 0 Å². The van der Waals surface area contributed by atoms with Crippen molar-refractivity contribution in [3.8, 4) is 0 Å². The molecule has 0 atom stereocenters. The number of nitrogens with zero attached hydrogens (tertiary/aromatic N) is 1. The lowest BCUT2D eigenvalue weighted by Gasteiger charge is -2.03. The van der Waals surface area contributed by atoms with Crippen molar-refractivity contribution in [1.82, 2.24) is 4.57 Å². The van der Waals surface area contributed by atoms with Gasteiger partial charge in [-0.2, -0.15) is 0 Å². The third-order valence-corrected chi connectivity index (χ3v) is 2.46. The second-order valence-electron chi connectivity index (χ2n) is 5.13. The third-order valence-electron chi connectivity index (χ3n) is 2.46. The summed E-state index contributed by atoms with van der Waals surface area (Å²) in [4.78, 5) is 11.0. The molecule has 104 valence electrons. The molecule has 0 saturated carbocycles. The van der Waals surface area contributed by atoms with Gasteiger partial charge in [0.05, 0.1) is 13.5 Å². The fraction of sp³-hybridized carbons (Fsp3) is 0.438. The van der Waals surface area contributed by atoms with Gasteiger partial charge in [0.15, 0.2) is 0 Å². The van der Waals surface area contributed by atoms with Crippen molar-refractivity contribution in [2.75, 3.05) is 7.11 Å². The van der Waals surface area contributed by atoms with Gasteiger partial charge >= 0.3 is 5.97 Å². The van der Waals surface area contributed by atoms with Crippen LogP contribution in [0.3, 0.4) is 0 Å². The normalized spacial score (nSPS) is 10.2. The van der Waals surface area contributed by atoms with Gasteiger partial charge in [-0.15, -0.1) is 0 Å². The highest BCUT2D eigenvalue weighted by atomic mass is 16.5. The summed E-state index contributed by atoms with van der Waals surface area (Å²) in [6, 6.07) is 10.2. The Kier molecular flexibility index (Phi) is 6.13. The van der Waals surface area contributed by atoms with E-state index in [2.05, 4.69) is 36.1 Å². The highest BCUT2D eigenvalue weighted by Gasteiger charge is 2.03. The molecule has 0 fully saturated rings. The van der Waals surface area contributed by atoms with E-state index in [-0.39, 0.29) is 5.97 Å². The predicted molar refractivity (Wildman–Crippen MR) is 79.1 cm³/mol. The van der Waals surface area contributed by atoms with E-state index in [4.69, 9.17) is 0 Å². The molecule has 3 heteroatoms. The van der Waals surface area contributed by atoms with Gasteiger partial charge in [0.1, 0.15) is 0 Å². The molecule has 0 radical (unpaired) electrons. The molecule has 0 aliphatic rings. The van der Waals surface area contributed by atoms with Gasteiger partial charge < -0.3 is 9.30 Å². The first kappa shape index (κ1) is 15.3. The molecule has 0 N–H and O–H groups in total. The van der Waals surface area contributed by atoms with Crippen LogP contribution in [0.4, 0.5) is 0 Å². The van der Waals surface area contributed by atoms with Crippen molar-refractivity contribution < 1.29 is 9.53 Å². The van der Waals surface area contributed by atoms with Crippen LogP contribution in [0.1, 0.15) is 27.2 Å². The molecule has 19 heavy (non-hydrogen) atoms. The van der Waals surface area contributed by atoms with Crippen LogP contribution in [-0.4, -0.2) is 17.6 Å². The number of esters is 1. The van der Waals surface area contributed by atoms with E-state index < -0.39 is 0 Å². The molecule has 2 aromatic rings. The lowest BCUT2D eigenvalue weighted by atomic mass is 10.2. The first-order chi connectivity index (χ1) is 9.04. The number of carbonyl (C=O) groups is 1. The average Bonchev–Trinajstić information content (AvgIpc) is 2.78. The minimum atomic E-state index is -0.173. The minimum absolute atomic E-state index is 0.173. The summed E-state index contributed by atoms with van der Waals surface area (Å²) in [5.41, 5.74) is 1.15. The largest absolute Gasteiger partial charge is 0.469 e. The molecule has 0 unspecified atom stereocenters. The Labute approximate surface area is 115 Å². The lowest BCUT2D eigenvalue weighted by Crippen LogP contribution is -2.05. The van der Waals surface area contributed by atoms with E-state index in [1.807, 2.05) is 30.5 Å². The Morgan fingerprint density at radius 1 is 1.21 bits per heavy atom. The summed E-state index contributed by atoms with van der Waals surface area (Å²) in [6.07, 6.45) is 2.41. The molecule has 0 spiro atoms. The van der Waals surface area contributed by atoms with Crippen molar-refractivity contribution in [2.45, 2.75) is 33.7 Å². The van der Waals surface area contributed by atoms with Gasteiger partial charge in [0.2, 0.25) is 0 Å². The van der Waals surface area contributed by atoms with Crippen molar-refractivity contribution in [3.05, 3.63) is 36.5 Å². The molecule has 1 aromatic heterocycles. The smallest absolute Gasteiger partial charge is 0.307 e. The molecule has 3 nitrogen and oxygen atoms in total. The fourth-order valence-electron chi connectivity index (χ4n) is 1.65. The molecule has 0 aliphatic carbocycles. The molecule has 0 saturated heterocycles. The number of aromatic nitrogens is 1. The van der Waals surface area contributed by atoms with E-state index in [9.17, 15) is 4.79 Å². The molecule has 0 amide bonds. The number of ether oxygens (including phenoxy) is 1. The van der Waals surface area contributed by atoms with Crippen LogP contribution < -0.4 is 0 Å². The molecule has 0 aliphatic heterocycles. The molecule has 1 heterocycles. The Morgan fingerprint density at radius 2 is 1.84 bits per heavy atom. The van der Waals surface area contributed by atoms with Gasteiger partial charge in [-0.05, 0) is 23.4 Å². The number of methoxy groups -OCH3 is 1. The first-order valence-electron chi connectivity index (χ1n) is 6.65. The van der Waals surface area contributed by atoms with E-state index in [1.165, 1.54) is 12.5 Å². The summed E-state index contributed by atoms with van der Waals surface area (Å²) in [6.45, 7) is 7.17. The van der Waals surface area contributed by atoms with Crippen molar-refractivity contribution in [2.24, 2.45) is 5.92 Å². The fourth-order valence-corrected chi connectivity index (χ4v) is 1.65. The predicted octanol–water partition coefficient (Wildman–Crippen LogP) is 3.87. The Balaban J connectivity index is 0.000000399. The van der Waals surface area contributed by atoms with Gasteiger partial charge in [0, 0.05) is 18.3 Å². The van der Waals surface area contributed by atoms with Crippen LogP contribution in [0, 0.1) is 5.92 Å². The SMILES string of the molecule is CC(C)C.COC(=O)CCn1ccc2ccccc21. The first-order valence-corrected chi connectivity index (χ1v) is 6.65. The maximum atomic E-state index is 11.0. The van der Waals surface area contributed by atoms with Crippen molar-refractivity contribution in [3.63, 3.8) is 0 Å². The zero-order chi connectivity index (χ0) is 14.3. The van der Waals surface area contributed by atoms with E-state index in [0.717, 1.165) is 11.4 Å². The highest BCUT2D eigenvalue weighted by molar-refractivity contribution is 5.80. The molecule has 0 bridgehead atoms. The Morgan fingerprint density at radius 3 is 2.47 bits per heavy atom. The monoisotopic (exact) mass is 261 g/mol. The van der Waals surface area contributed by atoms with Gasteiger partial charge in [0.25, 0.3) is 0 Å². The van der Waals surface area contributed by atoms with Crippen molar-refractivity contribution >= 4 is 16.9 Å². The van der Waals surface area contributed by atoms with Gasteiger partial charge in [-0.25, -0.2) is 0 Å². The molecular formula is C16H23NO2. The molecule has 2 rings (SSSR count). The number of hydrogen-bond acceptors (Lipinski definition) is 2. The van der Waals surface area contributed by atoms with Crippen LogP contribution in [-0.2, 0) is 16.1 Å². The van der Waals surface area contributed by atoms with Crippen LogP contribution >= 0.6 is 0 Å². The van der Waals surface area contributed by atoms with E-state index in [1.54, 1.807) is 0 Å². The lowest BCUT2D eigenvalue weighted by molar-refractivity contribution is -0.140. The van der Waals surface area contributed by atoms with E-state index >= 15 is 0 Å². The Bertz CT molecular complexity index is 511. The number of fused-ring (bicyclic) bond motifs is 1. The summed E-state index contributed by atoms with van der Waals surface area (Å²) in [7, 11) is 1.41. The van der Waals surface area contributed by atoms with E-state index in [0.29, 0.717) is 13.0 Å². The second kappa shape index (κ2) is 7.62. The number of carbonyl (C=O) groups excluding carboxylic acids is 1. The van der Waals surface area contributed by atoms with Gasteiger partial charge in [-0.3, -0.25) is 4.79 Å². The number of aryl methyl sites for hydroxylation is 1. The number of para-hydroxylation sites is 1. The van der Waals surface area contributed by atoms with Crippen LogP contribution in [0.5, 0.6) is 0 Å². The van der Waals surface area contributed by atoms with Gasteiger partial charge in [-0.1, -0.05) is 39.0 Å². The summed E-state index contributed by atoms with van der Waals surface area (Å²) < 4.78 is 6.67. The topological polar surface area (TPSA) is 31.2 Å². The number of benzene rings is 1.